The predicted octanol–water partition coefficient (Wildman–Crippen LogP) is 1.21. The Kier molecular flexibility index (Phi) is 6.11. The third-order valence-corrected chi connectivity index (χ3v) is 4.86. The highest BCUT2D eigenvalue weighted by Gasteiger charge is 2.16. The van der Waals surface area contributed by atoms with Crippen LogP contribution in [-0.4, -0.2) is 33.8 Å². The van der Waals surface area contributed by atoms with Gasteiger partial charge in [0.05, 0.1) is 22.7 Å². The van der Waals surface area contributed by atoms with Crippen molar-refractivity contribution in [1.82, 2.24) is 10.0 Å². The molecule has 0 fully saturated rings. The van der Waals surface area contributed by atoms with E-state index in [4.69, 9.17) is 6.42 Å². The lowest BCUT2D eigenvalue weighted by Crippen LogP contribution is -2.24. The van der Waals surface area contributed by atoms with Crippen LogP contribution in [0.2, 0.25) is 0 Å². The van der Waals surface area contributed by atoms with Crippen molar-refractivity contribution in [3.8, 4) is 12.3 Å². The molecular weight excluding hydrogens is 354 g/mol. The average molecular weight is 371 g/mol. The second-order valence-electron chi connectivity index (χ2n) is 5.13. The van der Waals surface area contributed by atoms with E-state index in [2.05, 4.69) is 21.3 Å². The predicted molar refractivity (Wildman–Crippen MR) is 98.2 cm³/mol. The number of nitrogens with one attached hydrogen (secondary N) is 3. The van der Waals surface area contributed by atoms with Gasteiger partial charge in [0.15, 0.2) is 0 Å². The summed E-state index contributed by atoms with van der Waals surface area (Å²) >= 11 is 0. The highest BCUT2D eigenvalue weighted by molar-refractivity contribution is 7.89. The van der Waals surface area contributed by atoms with Crippen molar-refractivity contribution >= 4 is 27.5 Å². The molecule has 7 nitrogen and oxygen atoms in total. The summed E-state index contributed by atoms with van der Waals surface area (Å²) in [7, 11) is -2.23. The molecule has 0 aliphatic heterocycles. The molecule has 134 valence electrons. The van der Waals surface area contributed by atoms with Crippen molar-refractivity contribution in [2.75, 3.05) is 18.9 Å². The minimum absolute atomic E-state index is 0.00457. The lowest BCUT2D eigenvalue weighted by molar-refractivity contribution is 0.0964. The maximum Gasteiger partial charge on any atom is 0.255 e. The number of terminal acetylenes is 1. The standard InChI is InChI=1S/C18H17N3O4S/c1-3-12-20-26(24,25)14-10-8-13(9-11-14)17(22)21-16-7-5-4-6-15(16)18(23)19-2/h1,4-11,20H,12H2,2H3,(H,19,23)(H,21,22). The summed E-state index contributed by atoms with van der Waals surface area (Å²) in [5, 5.41) is 5.14. The minimum Gasteiger partial charge on any atom is -0.355 e. The maximum atomic E-state index is 12.4. The molecule has 26 heavy (non-hydrogen) atoms. The third-order valence-electron chi connectivity index (χ3n) is 3.44. The molecule has 0 heterocycles. The van der Waals surface area contributed by atoms with Gasteiger partial charge in [-0.3, -0.25) is 9.59 Å². The molecule has 2 aromatic carbocycles. The van der Waals surface area contributed by atoms with Crippen molar-refractivity contribution in [3.05, 3.63) is 59.7 Å². The van der Waals surface area contributed by atoms with Crippen molar-refractivity contribution in [3.63, 3.8) is 0 Å². The minimum atomic E-state index is -3.72. The summed E-state index contributed by atoms with van der Waals surface area (Å²) in [6, 6.07) is 11.9. The van der Waals surface area contributed by atoms with Gasteiger partial charge in [0, 0.05) is 12.6 Å². The number of hydrogen-bond donors (Lipinski definition) is 3. The van der Waals surface area contributed by atoms with Gasteiger partial charge < -0.3 is 10.6 Å². The Morgan fingerprint density at radius 3 is 2.31 bits per heavy atom. The highest BCUT2D eigenvalue weighted by Crippen LogP contribution is 2.17. The summed E-state index contributed by atoms with van der Waals surface area (Å²) in [5.41, 5.74) is 0.915. The topological polar surface area (TPSA) is 104 Å². The molecule has 2 rings (SSSR count). The van der Waals surface area contributed by atoms with Crippen LogP contribution < -0.4 is 15.4 Å². The molecule has 8 heteroatoms. The van der Waals surface area contributed by atoms with Gasteiger partial charge in [0.2, 0.25) is 10.0 Å². The second kappa shape index (κ2) is 8.29. The van der Waals surface area contributed by atoms with Crippen molar-refractivity contribution in [2.24, 2.45) is 0 Å². The molecule has 2 aromatic rings. The number of para-hydroxylation sites is 1. The van der Waals surface area contributed by atoms with Gasteiger partial charge >= 0.3 is 0 Å². The van der Waals surface area contributed by atoms with Crippen LogP contribution in [0.3, 0.4) is 0 Å². The summed E-state index contributed by atoms with van der Waals surface area (Å²) < 4.78 is 26.2. The molecule has 0 aliphatic rings. The van der Waals surface area contributed by atoms with Crippen molar-refractivity contribution in [2.45, 2.75) is 4.90 Å². The zero-order chi connectivity index (χ0) is 19.2. The number of rotatable bonds is 6. The molecule has 0 bridgehead atoms. The molecule has 0 spiro atoms. The van der Waals surface area contributed by atoms with Gasteiger partial charge in [-0.15, -0.1) is 6.42 Å². The smallest absolute Gasteiger partial charge is 0.255 e. The Bertz CT molecular complexity index is 961. The van der Waals surface area contributed by atoms with Crippen LogP contribution in [0, 0.1) is 12.3 Å². The van der Waals surface area contributed by atoms with Crippen LogP contribution in [0.4, 0.5) is 5.69 Å². The van der Waals surface area contributed by atoms with Gasteiger partial charge in [0.25, 0.3) is 11.8 Å². The lowest BCUT2D eigenvalue weighted by Gasteiger charge is -2.10. The van der Waals surface area contributed by atoms with E-state index in [-0.39, 0.29) is 22.9 Å². The Morgan fingerprint density at radius 2 is 1.69 bits per heavy atom. The van der Waals surface area contributed by atoms with Crippen LogP contribution in [0.15, 0.2) is 53.4 Å². The van der Waals surface area contributed by atoms with E-state index in [1.807, 2.05) is 0 Å². The molecule has 0 aromatic heterocycles. The largest absolute Gasteiger partial charge is 0.355 e. The average Bonchev–Trinajstić information content (AvgIpc) is 2.66. The number of sulfonamides is 1. The van der Waals surface area contributed by atoms with Crippen LogP contribution in [0.1, 0.15) is 20.7 Å². The zero-order valence-electron chi connectivity index (χ0n) is 13.9. The third kappa shape index (κ3) is 4.47. The first kappa shape index (κ1) is 19.2. The van der Waals surface area contributed by atoms with Crippen LogP contribution in [0.5, 0.6) is 0 Å². The molecule has 0 radical (unpaired) electrons. The first-order valence-corrected chi connectivity index (χ1v) is 9.03. The molecule has 0 aliphatic carbocycles. The molecule has 3 N–H and O–H groups in total. The second-order valence-corrected chi connectivity index (χ2v) is 6.90. The van der Waals surface area contributed by atoms with Gasteiger partial charge in [-0.1, -0.05) is 18.1 Å². The fourth-order valence-corrected chi connectivity index (χ4v) is 3.06. The zero-order valence-corrected chi connectivity index (χ0v) is 14.8. The number of amides is 2. The summed E-state index contributed by atoms with van der Waals surface area (Å²) in [4.78, 5) is 24.2. The molecule has 0 atom stereocenters. The van der Waals surface area contributed by atoms with E-state index < -0.39 is 15.9 Å². The Morgan fingerprint density at radius 1 is 1.04 bits per heavy atom. The first-order chi connectivity index (χ1) is 12.4. The molecule has 0 saturated carbocycles. The quantitative estimate of drug-likeness (QED) is 0.664. The highest BCUT2D eigenvalue weighted by atomic mass is 32.2. The molecule has 0 saturated heterocycles. The van der Waals surface area contributed by atoms with E-state index in [1.165, 1.54) is 31.3 Å². The van der Waals surface area contributed by atoms with Crippen LogP contribution in [-0.2, 0) is 10.0 Å². The fourth-order valence-electron chi connectivity index (χ4n) is 2.12. The Labute approximate surface area is 151 Å². The summed E-state index contributed by atoms with van der Waals surface area (Å²) in [6.45, 7) is -0.124. The Balaban J connectivity index is 2.20. The fraction of sp³-hybridized carbons (Fsp3) is 0.111. The summed E-state index contributed by atoms with van der Waals surface area (Å²) in [5.74, 6) is 1.38. The van der Waals surface area contributed by atoms with E-state index in [0.29, 0.717) is 11.3 Å². The lowest BCUT2D eigenvalue weighted by atomic mass is 10.1. The van der Waals surface area contributed by atoms with Crippen molar-refractivity contribution < 1.29 is 18.0 Å². The van der Waals surface area contributed by atoms with Gasteiger partial charge in [0.1, 0.15) is 0 Å². The van der Waals surface area contributed by atoms with Crippen LogP contribution >= 0.6 is 0 Å². The molecular formula is C18H17N3O4S. The van der Waals surface area contributed by atoms with E-state index in [0.717, 1.165) is 0 Å². The molecule has 0 unspecified atom stereocenters. The van der Waals surface area contributed by atoms with Gasteiger partial charge in [-0.2, -0.15) is 4.72 Å². The number of hydrogen-bond acceptors (Lipinski definition) is 4. The Hall–Kier alpha value is -3.15. The summed E-state index contributed by atoms with van der Waals surface area (Å²) in [6.07, 6.45) is 5.04. The number of anilines is 1. The number of benzene rings is 2. The SMILES string of the molecule is C#CCNS(=O)(=O)c1ccc(C(=O)Nc2ccccc2C(=O)NC)cc1. The number of carbonyl (C=O) groups is 2. The van der Waals surface area contributed by atoms with E-state index in [1.54, 1.807) is 24.3 Å². The van der Waals surface area contributed by atoms with Crippen molar-refractivity contribution in [1.29, 1.82) is 0 Å². The monoisotopic (exact) mass is 371 g/mol. The maximum absolute atomic E-state index is 12.4. The van der Waals surface area contributed by atoms with E-state index >= 15 is 0 Å². The van der Waals surface area contributed by atoms with Gasteiger partial charge in [-0.05, 0) is 36.4 Å². The number of carbonyl (C=O) groups excluding carboxylic acids is 2. The first-order valence-electron chi connectivity index (χ1n) is 7.54. The normalized spacial score (nSPS) is 10.6. The van der Waals surface area contributed by atoms with Gasteiger partial charge in [-0.25, -0.2) is 8.42 Å². The van der Waals surface area contributed by atoms with E-state index in [9.17, 15) is 18.0 Å². The van der Waals surface area contributed by atoms with Crippen LogP contribution in [0.25, 0.3) is 0 Å². The molecule has 2 amide bonds.